The van der Waals surface area contributed by atoms with Gasteiger partial charge < -0.3 is 4.74 Å². The Kier molecular flexibility index (Phi) is 3.85. The summed E-state index contributed by atoms with van der Waals surface area (Å²) in [6.45, 7) is 0. The van der Waals surface area contributed by atoms with Crippen molar-refractivity contribution < 1.29 is 9.53 Å². The van der Waals surface area contributed by atoms with E-state index in [0.717, 1.165) is 12.8 Å². The van der Waals surface area contributed by atoms with Crippen molar-refractivity contribution in [2.75, 3.05) is 7.11 Å². The molecule has 0 radical (unpaired) electrons. The second kappa shape index (κ2) is 4.96. The minimum Gasteiger partial charge on any atom is -0.469 e. The average molecular weight is 168 g/mol. The molecule has 2 nitrogen and oxygen atoms in total. The molecule has 0 saturated heterocycles. The average Bonchev–Trinajstić information content (AvgIpc) is 2.16. The Hall–Kier alpha value is -0.790. The fraction of sp³-hybridized carbons (Fsp3) is 0.700. The standard InChI is InChI=1S/C10H16O2/c1-12-10(11)8-7-9-5-3-2-4-6-9/h2-3,9H,4-8H2,1H3. The Labute approximate surface area is 73.6 Å². The van der Waals surface area contributed by atoms with E-state index >= 15 is 0 Å². The number of rotatable bonds is 3. The van der Waals surface area contributed by atoms with Crippen LogP contribution in [0.25, 0.3) is 0 Å². The molecule has 0 aromatic carbocycles. The Bertz CT molecular complexity index is 173. The number of carbonyl (C=O) groups is 1. The van der Waals surface area contributed by atoms with Crippen LogP contribution in [-0.4, -0.2) is 13.1 Å². The Morgan fingerprint density at radius 1 is 1.58 bits per heavy atom. The van der Waals surface area contributed by atoms with Crippen LogP contribution in [0.5, 0.6) is 0 Å². The van der Waals surface area contributed by atoms with E-state index in [2.05, 4.69) is 16.9 Å². The highest BCUT2D eigenvalue weighted by molar-refractivity contribution is 5.69. The first-order valence-corrected chi connectivity index (χ1v) is 4.54. The molecule has 0 saturated carbocycles. The fourth-order valence-corrected chi connectivity index (χ4v) is 1.54. The molecule has 0 fully saturated rings. The smallest absolute Gasteiger partial charge is 0.305 e. The van der Waals surface area contributed by atoms with E-state index in [9.17, 15) is 4.79 Å². The van der Waals surface area contributed by atoms with Crippen LogP contribution in [0.1, 0.15) is 32.1 Å². The predicted molar refractivity (Wildman–Crippen MR) is 47.7 cm³/mol. The lowest BCUT2D eigenvalue weighted by Gasteiger charge is -2.16. The molecule has 0 N–H and O–H groups in total. The lowest BCUT2D eigenvalue weighted by Crippen LogP contribution is -2.07. The van der Waals surface area contributed by atoms with Crippen LogP contribution in [0.15, 0.2) is 12.2 Å². The summed E-state index contributed by atoms with van der Waals surface area (Å²) in [4.78, 5) is 10.8. The monoisotopic (exact) mass is 168 g/mol. The predicted octanol–water partition coefficient (Wildman–Crippen LogP) is 2.30. The van der Waals surface area contributed by atoms with Gasteiger partial charge in [-0.1, -0.05) is 12.2 Å². The van der Waals surface area contributed by atoms with Gasteiger partial charge in [-0.15, -0.1) is 0 Å². The second-order valence-electron chi connectivity index (χ2n) is 3.27. The van der Waals surface area contributed by atoms with E-state index in [1.165, 1.54) is 20.0 Å². The van der Waals surface area contributed by atoms with Crippen LogP contribution < -0.4 is 0 Å². The third-order valence-electron chi connectivity index (χ3n) is 2.36. The third-order valence-corrected chi connectivity index (χ3v) is 2.36. The van der Waals surface area contributed by atoms with Crippen LogP contribution in [-0.2, 0) is 9.53 Å². The molecule has 0 aromatic heterocycles. The van der Waals surface area contributed by atoms with Gasteiger partial charge in [-0.3, -0.25) is 4.79 Å². The molecule has 1 aliphatic rings. The Morgan fingerprint density at radius 2 is 2.42 bits per heavy atom. The molecule has 12 heavy (non-hydrogen) atoms. The molecule has 0 spiro atoms. The number of hydrogen-bond donors (Lipinski definition) is 0. The van der Waals surface area contributed by atoms with E-state index in [4.69, 9.17) is 0 Å². The lowest BCUT2D eigenvalue weighted by molar-refractivity contribution is -0.140. The molecule has 0 bridgehead atoms. The van der Waals surface area contributed by atoms with Gasteiger partial charge in [-0.05, 0) is 31.6 Å². The summed E-state index contributed by atoms with van der Waals surface area (Å²) in [5.41, 5.74) is 0. The normalized spacial score (nSPS) is 22.2. The highest BCUT2D eigenvalue weighted by Crippen LogP contribution is 2.22. The van der Waals surface area contributed by atoms with E-state index in [1.54, 1.807) is 0 Å². The molecule has 1 rings (SSSR count). The van der Waals surface area contributed by atoms with E-state index in [0.29, 0.717) is 12.3 Å². The van der Waals surface area contributed by atoms with Crippen molar-refractivity contribution in [3.63, 3.8) is 0 Å². The molecular weight excluding hydrogens is 152 g/mol. The van der Waals surface area contributed by atoms with Gasteiger partial charge in [0, 0.05) is 6.42 Å². The van der Waals surface area contributed by atoms with Crippen molar-refractivity contribution >= 4 is 5.97 Å². The maximum absolute atomic E-state index is 10.8. The topological polar surface area (TPSA) is 26.3 Å². The molecular formula is C10H16O2. The van der Waals surface area contributed by atoms with Gasteiger partial charge in [0.15, 0.2) is 0 Å². The largest absolute Gasteiger partial charge is 0.469 e. The minimum atomic E-state index is -0.0791. The molecule has 0 aromatic rings. The first kappa shape index (κ1) is 9.30. The molecule has 1 atom stereocenters. The van der Waals surface area contributed by atoms with E-state index < -0.39 is 0 Å². The van der Waals surface area contributed by atoms with Crippen molar-refractivity contribution in [1.82, 2.24) is 0 Å². The minimum absolute atomic E-state index is 0.0791. The van der Waals surface area contributed by atoms with E-state index in [1.807, 2.05) is 0 Å². The van der Waals surface area contributed by atoms with Gasteiger partial charge in [0.25, 0.3) is 0 Å². The molecule has 1 aliphatic carbocycles. The number of hydrogen-bond acceptors (Lipinski definition) is 2. The van der Waals surface area contributed by atoms with Gasteiger partial charge >= 0.3 is 5.97 Å². The molecule has 0 heterocycles. The molecule has 68 valence electrons. The maximum Gasteiger partial charge on any atom is 0.305 e. The highest BCUT2D eigenvalue weighted by Gasteiger charge is 2.11. The van der Waals surface area contributed by atoms with Crippen molar-refractivity contribution in [3.05, 3.63) is 12.2 Å². The summed E-state index contributed by atoms with van der Waals surface area (Å²) in [6, 6.07) is 0. The van der Waals surface area contributed by atoms with Gasteiger partial charge in [0.05, 0.1) is 7.11 Å². The number of carbonyl (C=O) groups excluding carboxylic acids is 1. The van der Waals surface area contributed by atoms with Gasteiger partial charge in [0.2, 0.25) is 0 Å². The SMILES string of the molecule is COC(=O)CCC1CC=CCC1. The van der Waals surface area contributed by atoms with Gasteiger partial charge in [-0.25, -0.2) is 0 Å². The molecule has 1 unspecified atom stereocenters. The first-order chi connectivity index (χ1) is 5.83. The zero-order chi connectivity index (χ0) is 8.81. The number of methoxy groups -OCH3 is 1. The summed E-state index contributed by atoms with van der Waals surface area (Å²) in [7, 11) is 1.45. The van der Waals surface area contributed by atoms with Gasteiger partial charge in [-0.2, -0.15) is 0 Å². The van der Waals surface area contributed by atoms with Crippen molar-refractivity contribution in [1.29, 1.82) is 0 Å². The van der Waals surface area contributed by atoms with Crippen molar-refractivity contribution in [3.8, 4) is 0 Å². The zero-order valence-electron chi connectivity index (χ0n) is 7.58. The van der Waals surface area contributed by atoms with Crippen LogP contribution in [0, 0.1) is 5.92 Å². The number of ether oxygens (including phenoxy) is 1. The zero-order valence-corrected chi connectivity index (χ0v) is 7.58. The maximum atomic E-state index is 10.8. The van der Waals surface area contributed by atoms with Crippen LogP contribution in [0.3, 0.4) is 0 Å². The molecule has 0 amide bonds. The van der Waals surface area contributed by atoms with E-state index in [-0.39, 0.29) is 5.97 Å². The third kappa shape index (κ3) is 3.07. The van der Waals surface area contributed by atoms with Crippen molar-refractivity contribution in [2.24, 2.45) is 5.92 Å². The number of esters is 1. The molecule has 0 aliphatic heterocycles. The van der Waals surface area contributed by atoms with Gasteiger partial charge in [0.1, 0.15) is 0 Å². The second-order valence-corrected chi connectivity index (χ2v) is 3.27. The Morgan fingerprint density at radius 3 is 3.00 bits per heavy atom. The fourth-order valence-electron chi connectivity index (χ4n) is 1.54. The highest BCUT2D eigenvalue weighted by atomic mass is 16.5. The summed E-state index contributed by atoms with van der Waals surface area (Å²) >= 11 is 0. The lowest BCUT2D eigenvalue weighted by atomic mass is 9.90. The summed E-state index contributed by atoms with van der Waals surface area (Å²) in [5, 5.41) is 0. The Balaban J connectivity index is 2.14. The van der Waals surface area contributed by atoms with Crippen LogP contribution in [0.2, 0.25) is 0 Å². The van der Waals surface area contributed by atoms with Crippen LogP contribution in [0.4, 0.5) is 0 Å². The first-order valence-electron chi connectivity index (χ1n) is 4.54. The van der Waals surface area contributed by atoms with Crippen molar-refractivity contribution in [2.45, 2.75) is 32.1 Å². The van der Waals surface area contributed by atoms with Crippen LogP contribution >= 0.6 is 0 Å². The quantitative estimate of drug-likeness (QED) is 0.477. The summed E-state index contributed by atoms with van der Waals surface area (Å²) in [5.74, 6) is 0.624. The summed E-state index contributed by atoms with van der Waals surface area (Å²) in [6.07, 6.45) is 9.53. The summed E-state index contributed by atoms with van der Waals surface area (Å²) < 4.78 is 4.58. The number of allylic oxidation sites excluding steroid dienone is 2. The molecule has 2 heteroatoms.